The van der Waals surface area contributed by atoms with Gasteiger partial charge in [-0.05, 0) is 0 Å². The van der Waals surface area contributed by atoms with Crippen LogP contribution in [0, 0.1) is 0 Å². The molecule has 1 nitrogen and oxygen atoms in total. The predicted octanol–water partition coefficient (Wildman–Crippen LogP) is -0.763. The normalized spacial score (nSPS) is 12.9. The zero-order valence-corrected chi connectivity index (χ0v) is 11.6. The van der Waals surface area contributed by atoms with Gasteiger partial charge in [-0.1, -0.05) is 0 Å². The van der Waals surface area contributed by atoms with Gasteiger partial charge in [0, 0.05) is 0 Å². The maximum absolute atomic E-state index is 4.24. The van der Waals surface area contributed by atoms with Gasteiger partial charge < -0.3 is 0 Å². The van der Waals surface area contributed by atoms with Crippen molar-refractivity contribution in [2.24, 2.45) is 0 Å². The van der Waals surface area contributed by atoms with Gasteiger partial charge in [-0.25, -0.2) is 0 Å². The Morgan fingerprint density at radius 3 is 3.00 bits per heavy atom. The van der Waals surface area contributed by atoms with Crippen molar-refractivity contribution < 1.29 is 21.2 Å². The molecule has 0 rings (SSSR count). The fraction of sp³-hybridized carbons (Fsp3) is 0.714. The first kappa shape index (κ1) is 12.3. The zero-order chi connectivity index (χ0) is 8.53. The Balaban J connectivity index is 3.03. The molecule has 11 heavy (non-hydrogen) atoms. The van der Waals surface area contributed by atoms with E-state index in [1.54, 1.807) is 6.20 Å². The summed E-state index contributed by atoms with van der Waals surface area (Å²) in [5, 5.41) is 3.10. The average molecular weight is 398 g/mol. The van der Waals surface area contributed by atoms with Gasteiger partial charge in [0.15, 0.2) is 0 Å². The monoisotopic (exact) mass is 398 g/mol. The van der Waals surface area contributed by atoms with Crippen molar-refractivity contribution >= 4 is 35.2 Å². The molecule has 0 aliphatic heterocycles. The van der Waals surface area contributed by atoms with Gasteiger partial charge in [-0.3, -0.25) is 0 Å². The van der Waals surface area contributed by atoms with Crippen LogP contribution in [0.2, 0.25) is 0 Å². The molecule has 0 saturated carbocycles. The number of alkyl halides is 3. The van der Waals surface area contributed by atoms with E-state index in [0.717, 1.165) is 12.2 Å². The molecular formula is C7H14I2NS-. The van der Waals surface area contributed by atoms with Crippen LogP contribution in [0.15, 0.2) is 12.8 Å². The third-order valence-corrected chi connectivity index (χ3v) is 6.88. The van der Waals surface area contributed by atoms with Crippen LogP contribution in [0.1, 0.15) is 12.8 Å². The summed E-state index contributed by atoms with van der Waals surface area (Å²) in [7, 11) is 0. The molecule has 0 aromatic heterocycles. The Morgan fingerprint density at radius 2 is 2.45 bits per heavy atom. The average Bonchev–Trinajstić information content (AvgIpc) is 1.99. The van der Waals surface area contributed by atoms with Crippen LogP contribution in [0.4, 0.5) is 0 Å². The molecule has 0 saturated heterocycles. The molecule has 1 N–H and O–H groups in total. The van der Waals surface area contributed by atoms with Crippen LogP contribution in [-0.4, -0.2) is 12.2 Å². The molecule has 4 heteroatoms. The van der Waals surface area contributed by atoms with Gasteiger partial charge in [-0.2, -0.15) is 0 Å². The molecule has 68 valence electrons. The molecule has 0 aromatic rings. The van der Waals surface area contributed by atoms with Gasteiger partial charge in [0.1, 0.15) is 0 Å². The fourth-order valence-corrected chi connectivity index (χ4v) is 6.36. The Morgan fingerprint density at radius 1 is 1.73 bits per heavy atom. The van der Waals surface area contributed by atoms with E-state index in [4.69, 9.17) is 0 Å². The molecule has 1 atom stereocenters. The molecular weight excluding hydrogens is 384 g/mol. The maximum atomic E-state index is 4.24. The molecule has 0 amide bonds. The Bertz CT molecular complexity index is 100. The second-order valence-electron chi connectivity index (χ2n) is 1.97. The van der Waals surface area contributed by atoms with Crippen molar-refractivity contribution in [3.05, 3.63) is 12.8 Å². The van der Waals surface area contributed by atoms with Gasteiger partial charge in [0.05, 0.1) is 0 Å². The van der Waals surface area contributed by atoms with E-state index in [1.165, 1.54) is 12.8 Å². The number of thiol groups is 1. The zero-order valence-electron chi connectivity index (χ0n) is 6.39. The summed E-state index contributed by atoms with van der Waals surface area (Å²) in [6.07, 6.45) is 4.35. The summed E-state index contributed by atoms with van der Waals surface area (Å²) >= 11 is 7.12. The third-order valence-electron chi connectivity index (χ3n) is 1.12. The van der Waals surface area contributed by atoms with Crippen LogP contribution >= 0.6 is 35.2 Å². The van der Waals surface area contributed by atoms with Crippen LogP contribution in [-0.2, 0) is 0 Å². The first-order valence-corrected chi connectivity index (χ1v) is 8.13. The number of nitrogens with one attached hydrogen (secondary N) is 1. The van der Waals surface area contributed by atoms with Gasteiger partial charge in [0.2, 0.25) is 0 Å². The van der Waals surface area contributed by atoms with E-state index in [1.807, 2.05) is 0 Å². The van der Waals surface area contributed by atoms with E-state index in [2.05, 4.69) is 47.1 Å². The van der Waals surface area contributed by atoms with E-state index < -0.39 is 0 Å². The first-order valence-electron chi connectivity index (χ1n) is 3.48. The second kappa shape index (κ2) is 9.44. The van der Waals surface area contributed by atoms with Crippen molar-refractivity contribution in [1.82, 2.24) is 5.32 Å². The van der Waals surface area contributed by atoms with Crippen LogP contribution in [0.25, 0.3) is 0 Å². The summed E-state index contributed by atoms with van der Waals surface area (Å²) in [6.45, 7) is 4.66. The molecule has 0 bridgehead atoms. The van der Waals surface area contributed by atoms with Crippen molar-refractivity contribution in [2.75, 3.05) is 10.3 Å². The van der Waals surface area contributed by atoms with Gasteiger partial charge in [-0.15, -0.1) is 0 Å². The summed E-state index contributed by atoms with van der Waals surface area (Å²) in [5.74, 6) is 0. The van der Waals surface area contributed by atoms with Crippen molar-refractivity contribution in [1.29, 1.82) is 0 Å². The minimum absolute atomic E-state index is 0.340. The fourth-order valence-electron chi connectivity index (χ4n) is 0.613. The minimum atomic E-state index is 0.340. The molecule has 0 heterocycles. The summed E-state index contributed by atoms with van der Waals surface area (Å²) in [6, 6.07) is 0. The first-order chi connectivity index (χ1) is 5.31. The molecule has 0 aromatic carbocycles. The molecule has 0 aliphatic carbocycles. The predicted molar refractivity (Wildman–Crippen MR) is 59.1 cm³/mol. The summed E-state index contributed by atoms with van der Waals surface area (Å²) in [4.78, 5) is 0. The van der Waals surface area contributed by atoms with E-state index in [9.17, 15) is 0 Å². The quantitative estimate of drug-likeness (QED) is 0.249. The van der Waals surface area contributed by atoms with Gasteiger partial charge in [0.25, 0.3) is 0 Å². The van der Waals surface area contributed by atoms with E-state index >= 15 is 0 Å². The number of rotatable bonds is 7. The molecule has 1 unspecified atom stereocenters. The third kappa shape index (κ3) is 9.26. The summed E-state index contributed by atoms with van der Waals surface area (Å²) in [5.41, 5.74) is 0. The van der Waals surface area contributed by atoms with E-state index in [0.29, 0.717) is 21.2 Å². The SMILES string of the molecule is C=CNCCCC(I)[I-]CS. The van der Waals surface area contributed by atoms with Gasteiger partial charge >= 0.3 is 99.6 Å². The molecule has 0 fully saturated rings. The van der Waals surface area contributed by atoms with Crippen molar-refractivity contribution in [2.45, 2.75) is 14.8 Å². The second-order valence-corrected chi connectivity index (χ2v) is 10.5. The topological polar surface area (TPSA) is 12.0 Å². The number of halogens is 2. The van der Waals surface area contributed by atoms with Crippen LogP contribution < -0.4 is 26.5 Å². The Hall–Kier alpha value is 1.35. The standard InChI is InChI=1S/C7H14I2NS/c1-2-10-5-3-4-7(8)9-6-11/h2,7,10-11H,1,3-6H2/q-1. The Kier molecular flexibility index (Phi) is 10.6. The Labute approximate surface area is 98.6 Å². The molecule has 0 spiro atoms. The number of hydrogen-bond acceptors (Lipinski definition) is 2. The molecule has 0 radical (unpaired) electrons. The van der Waals surface area contributed by atoms with Crippen molar-refractivity contribution in [3.63, 3.8) is 0 Å². The van der Waals surface area contributed by atoms with E-state index in [-0.39, 0.29) is 0 Å². The van der Waals surface area contributed by atoms with Crippen LogP contribution in [0.5, 0.6) is 0 Å². The van der Waals surface area contributed by atoms with Crippen molar-refractivity contribution in [3.8, 4) is 0 Å². The number of hydrogen-bond donors (Lipinski definition) is 2. The molecule has 0 aliphatic rings. The summed E-state index contributed by atoms with van der Waals surface area (Å²) < 4.78 is 2.01. The van der Waals surface area contributed by atoms with Crippen LogP contribution in [0.3, 0.4) is 0 Å².